The summed E-state index contributed by atoms with van der Waals surface area (Å²) in [6, 6.07) is 5.64. The van der Waals surface area contributed by atoms with Crippen LogP contribution >= 0.6 is 11.3 Å². The Morgan fingerprint density at radius 2 is 2.00 bits per heavy atom. The Kier molecular flexibility index (Phi) is 3.79. The third kappa shape index (κ3) is 2.71. The van der Waals surface area contributed by atoms with Crippen LogP contribution in [0, 0.1) is 11.6 Å². The van der Waals surface area contributed by atoms with Crippen LogP contribution in [0.3, 0.4) is 0 Å². The second-order valence-electron chi connectivity index (χ2n) is 4.59. The third-order valence-corrected chi connectivity index (χ3v) is 3.85. The van der Waals surface area contributed by atoms with Gasteiger partial charge in [-0.1, -0.05) is 6.92 Å². The predicted octanol–water partition coefficient (Wildman–Crippen LogP) is 4.46. The molecule has 0 atom stereocenters. The van der Waals surface area contributed by atoms with E-state index in [2.05, 4.69) is 22.2 Å². The maximum Gasteiger partial charge on any atom is 0.163 e. The van der Waals surface area contributed by atoms with E-state index in [1.807, 2.05) is 11.4 Å². The van der Waals surface area contributed by atoms with Gasteiger partial charge in [0.05, 0.1) is 5.39 Å². The summed E-state index contributed by atoms with van der Waals surface area (Å²) >= 11 is 1.49. The van der Waals surface area contributed by atoms with E-state index in [-0.39, 0.29) is 0 Å². The van der Waals surface area contributed by atoms with Crippen LogP contribution in [0.4, 0.5) is 14.6 Å². The molecule has 6 heteroatoms. The van der Waals surface area contributed by atoms with Gasteiger partial charge in [-0.05, 0) is 36.1 Å². The van der Waals surface area contributed by atoms with Crippen molar-refractivity contribution in [2.45, 2.75) is 13.3 Å². The number of hydrogen-bond donors (Lipinski definition) is 1. The summed E-state index contributed by atoms with van der Waals surface area (Å²) in [6.07, 6.45) is 0.968. The van der Waals surface area contributed by atoms with E-state index < -0.39 is 11.6 Å². The first-order valence-electron chi connectivity index (χ1n) is 6.63. The summed E-state index contributed by atoms with van der Waals surface area (Å²) in [6.45, 7) is 2.86. The number of nitrogens with zero attached hydrogens (tertiary/aromatic N) is 2. The second kappa shape index (κ2) is 5.73. The largest absolute Gasteiger partial charge is 0.369 e. The lowest BCUT2D eigenvalue weighted by Gasteiger charge is -2.08. The molecule has 3 rings (SSSR count). The van der Waals surface area contributed by atoms with Crippen molar-refractivity contribution in [3.63, 3.8) is 0 Å². The highest BCUT2D eigenvalue weighted by Crippen LogP contribution is 2.28. The van der Waals surface area contributed by atoms with Gasteiger partial charge < -0.3 is 5.32 Å². The monoisotopic (exact) mass is 305 g/mol. The summed E-state index contributed by atoms with van der Waals surface area (Å²) in [5, 5.41) is 6.13. The van der Waals surface area contributed by atoms with Crippen LogP contribution in [0.1, 0.15) is 13.3 Å². The topological polar surface area (TPSA) is 37.8 Å². The Balaban J connectivity index is 2.11. The van der Waals surface area contributed by atoms with E-state index in [9.17, 15) is 8.78 Å². The zero-order chi connectivity index (χ0) is 14.8. The van der Waals surface area contributed by atoms with Gasteiger partial charge in [0.25, 0.3) is 0 Å². The molecule has 0 aliphatic heterocycles. The first-order valence-corrected chi connectivity index (χ1v) is 7.51. The fourth-order valence-electron chi connectivity index (χ4n) is 2.00. The van der Waals surface area contributed by atoms with Crippen LogP contribution in [-0.2, 0) is 0 Å². The van der Waals surface area contributed by atoms with Gasteiger partial charge in [0, 0.05) is 12.1 Å². The highest BCUT2D eigenvalue weighted by atomic mass is 32.1. The van der Waals surface area contributed by atoms with E-state index >= 15 is 0 Å². The summed E-state index contributed by atoms with van der Waals surface area (Å²) < 4.78 is 26.4. The highest BCUT2D eigenvalue weighted by Gasteiger charge is 2.12. The van der Waals surface area contributed by atoms with Crippen molar-refractivity contribution in [2.75, 3.05) is 11.9 Å². The smallest absolute Gasteiger partial charge is 0.163 e. The van der Waals surface area contributed by atoms with Crippen molar-refractivity contribution < 1.29 is 8.78 Å². The quantitative estimate of drug-likeness (QED) is 0.773. The molecule has 1 aromatic carbocycles. The molecular weight excluding hydrogens is 292 g/mol. The number of aromatic nitrogens is 2. The molecule has 2 aromatic heterocycles. The second-order valence-corrected chi connectivity index (χ2v) is 5.49. The third-order valence-electron chi connectivity index (χ3n) is 3.05. The number of rotatable bonds is 4. The van der Waals surface area contributed by atoms with Gasteiger partial charge in [0.15, 0.2) is 17.5 Å². The number of hydrogen-bond acceptors (Lipinski definition) is 4. The molecule has 3 nitrogen and oxygen atoms in total. The first kappa shape index (κ1) is 13.9. The number of nitrogens with one attached hydrogen (secondary N) is 1. The summed E-state index contributed by atoms with van der Waals surface area (Å²) in [4.78, 5) is 9.69. The van der Waals surface area contributed by atoms with Crippen molar-refractivity contribution in [1.29, 1.82) is 0 Å². The van der Waals surface area contributed by atoms with Crippen LogP contribution in [0.5, 0.6) is 0 Å². The zero-order valence-electron chi connectivity index (χ0n) is 11.4. The normalized spacial score (nSPS) is 11.0. The molecule has 0 bridgehead atoms. The van der Waals surface area contributed by atoms with Crippen molar-refractivity contribution in [3.8, 4) is 11.4 Å². The van der Waals surface area contributed by atoms with Gasteiger partial charge in [-0.3, -0.25) is 0 Å². The molecule has 0 saturated carbocycles. The number of fused-ring (bicyclic) bond motifs is 1. The molecule has 0 radical (unpaired) electrons. The minimum atomic E-state index is -0.898. The van der Waals surface area contributed by atoms with Gasteiger partial charge in [-0.25, -0.2) is 18.7 Å². The lowest BCUT2D eigenvalue weighted by Crippen LogP contribution is -2.04. The van der Waals surface area contributed by atoms with Crippen molar-refractivity contribution >= 4 is 27.4 Å². The number of anilines is 1. The molecule has 0 saturated heterocycles. The first-order chi connectivity index (χ1) is 10.2. The molecule has 0 fully saturated rings. The summed E-state index contributed by atoms with van der Waals surface area (Å²) in [5.41, 5.74) is 0.462. The standard InChI is InChI=1S/C15H13F2N3S/c1-2-6-18-14-10-5-7-21-15(10)20-13(19-14)9-3-4-11(16)12(17)8-9/h3-5,7-8H,2,6H2,1H3,(H,18,19,20). The minimum absolute atomic E-state index is 0.391. The summed E-state index contributed by atoms with van der Waals surface area (Å²) in [5.74, 6) is -0.656. The average molecular weight is 305 g/mol. The maximum absolute atomic E-state index is 13.4. The van der Waals surface area contributed by atoms with Crippen molar-refractivity contribution in [2.24, 2.45) is 0 Å². The Hall–Kier alpha value is -2.08. The van der Waals surface area contributed by atoms with Crippen LogP contribution in [0.2, 0.25) is 0 Å². The minimum Gasteiger partial charge on any atom is -0.369 e. The van der Waals surface area contributed by atoms with Gasteiger partial charge >= 0.3 is 0 Å². The van der Waals surface area contributed by atoms with Crippen LogP contribution in [-0.4, -0.2) is 16.5 Å². The Labute approximate surface area is 124 Å². The van der Waals surface area contributed by atoms with Crippen LogP contribution in [0.15, 0.2) is 29.6 Å². The number of halogens is 2. The molecule has 3 aromatic rings. The molecule has 0 aliphatic rings. The Bertz CT molecular complexity index is 786. The molecule has 2 heterocycles. The van der Waals surface area contributed by atoms with Gasteiger partial charge in [0.1, 0.15) is 10.6 Å². The van der Waals surface area contributed by atoms with E-state index in [1.54, 1.807) is 0 Å². The molecule has 0 amide bonds. The van der Waals surface area contributed by atoms with E-state index in [0.29, 0.717) is 11.4 Å². The molecule has 1 N–H and O–H groups in total. The van der Waals surface area contributed by atoms with E-state index in [0.717, 1.165) is 41.1 Å². The molecule has 0 aliphatic carbocycles. The maximum atomic E-state index is 13.4. The van der Waals surface area contributed by atoms with Crippen molar-refractivity contribution in [1.82, 2.24) is 9.97 Å². The molecule has 108 valence electrons. The van der Waals surface area contributed by atoms with Gasteiger partial charge in [0.2, 0.25) is 0 Å². The summed E-state index contributed by atoms with van der Waals surface area (Å²) in [7, 11) is 0. The Morgan fingerprint density at radius 3 is 2.76 bits per heavy atom. The molecule has 0 unspecified atom stereocenters. The van der Waals surface area contributed by atoms with Crippen molar-refractivity contribution in [3.05, 3.63) is 41.3 Å². The predicted molar refractivity (Wildman–Crippen MR) is 81.5 cm³/mol. The average Bonchev–Trinajstić information content (AvgIpc) is 2.96. The SMILES string of the molecule is CCCNc1nc(-c2ccc(F)c(F)c2)nc2sccc12. The Morgan fingerprint density at radius 1 is 1.14 bits per heavy atom. The number of thiophene rings is 1. The van der Waals surface area contributed by atoms with Gasteiger partial charge in [-0.15, -0.1) is 11.3 Å². The lowest BCUT2D eigenvalue weighted by atomic mass is 10.2. The molecular formula is C15H13F2N3S. The highest BCUT2D eigenvalue weighted by molar-refractivity contribution is 7.16. The number of benzene rings is 1. The zero-order valence-corrected chi connectivity index (χ0v) is 12.2. The van der Waals surface area contributed by atoms with Gasteiger partial charge in [-0.2, -0.15) is 0 Å². The lowest BCUT2D eigenvalue weighted by molar-refractivity contribution is 0.509. The van der Waals surface area contributed by atoms with E-state index in [4.69, 9.17) is 0 Å². The van der Waals surface area contributed by atoms with E-state index in [1.165, 1.54) is 17.4 Å². The van der Waals surface area contributed by atoms with Crippen LogP contribution < -0.4 is 5.32 Å². The fraction of sp³-hybridized carbons (Fsp3) is 0.200. The van der Waals surface area contributed by atoms with Crippen LogP contribution in [0.25, 0.3) is 21.6 Å². The molecule has 21 heavy (non-hydrogen) atoms. The fourth-order valence-corrected chi connectivity index (χ4v) is 2.76. The molecule has 0 spiro atoms.